The van der Waals surface area contributed by atoms with Gasteiger partial charge in [-0.1, -0.05) is 0 Å². The molecule has 0 spiro atoms. The number of nitrogens with two attached hydrogens (primary N) is 1. The second-order valence-corrected chi connectivity index (χ2v) is 10.6. The molecule has 0 unspecified atom stereocenters. The van der Waals surface area contributed by atoms with E-state index in [0.717, 1.165) is 0 Å². The van der Waals surface area contributed by atoms with E-state index in [1.165, 1.54) is 20.8 Å². The van der Waals surface area contributed by atoms with Crippen LogP contribution < -0.4 is 10.5 Å². The number of ether oxygens (including phenoxy) is 5. The standard InChI is InChI=1S/C24H36NO11P/c1-7-30-37(29,31-8-2)12-11-20-21(32-15(4)26)22(33-16(5)27)23(34-17(6)28)24(36-20)35-19-10-9-18(25)13-14(19)3/h9-10,13,20-24H,7-8,11-12,25H2,1-6H3/t20-,21-,22+,23+,24+/m1/s1. The molecule has 12 nitrogen and oxygen atoms in total. The maximum Gasteiger partial charge on any atom is 0.330 e. The predicted octanol–water partition coefficient (Wildman–Crippen LogP) is 3.13. The van der Waals surface area contributed by atoms with Crippen molar-refractivity contribution in [2.45, 2.75) is 78.7 Å². The van der Waals surface area contributed by atoms with Gasteiger partial charge in [-0.05, 0) is 51.0 Å². The topological polar surface area (TPSA) is 159 Å². The largest absolute Gasteiger partial charge is 0.460 e. The molecule has 1 aromatic carbocycles. The van der Waals surface area contributed by atoms with Crippen molar-refractivity contribution < 1.29 is 51.7 Å². The van der Waals surface area contributed by atoms with Crippen LogP contribution in [0.3, 0.4) is 0 Å². The van der Waals surface area contributed by atoms with E-state index in [2.05, 4.69) is 0 Å². The molecule has 0 amide bonds. The average molecular weight is 546 g/mol. The number of esters is 3. The van der Waals surface area contributed by atoms with Crippen molar-refractivity contribution in [1.82, 2.24) is 0 Å². The van der Waals surface area contributed by atoms with Crippen molar-refractivity contribution in [3.05, 3.63) is 23.8 Å². The molecule has 1 aromatic rings. The lowest BCUT2D eigenvalue weighted by atomic mass is 9.96. The Morgan fingerprint density at radius 1 is 0.919 bits per heavy atom. The second kappa shape index (κ2) is 13.8. The number of anilines is 1. The lowest BCUT2D eigenvalue weighted by molar-refractivity contribution is -0.283. The molecular weight excluding hydrogens is 509 g/mol. The molecule has 1 saturated heterocycles. The maximum atomic E-state index is 13.1. The molecular formula is C24H36NO11P. The van der Waals surface area contributed by atoms with Crippen molar-refractivity contribution >= 4 is 31.2 Å². The fourth-order valence-corrected chi connectivity index (χ4v) is 5.65. The number of hydrogen-bond donors (Lipinski definition) is 1. The van der Waals surface area contributed by atoms with E-state index in [1.807, 2.05) is 0 Å². The molecule has 5 atom stereocenters. The monoisotopic (exact) mass is 545 g/mol. The van der Waals surface area contributed by atoms with Crippen LogP contribution in [0.4, 0.5) is 5.69 Å². The summed E-state index contributed by atoms with van der Waals surface area (Å²) in [6.07, 6.45) is -6.16. The third kappa shape index (κ3) is 8.99. The van der Waals surface area contributed by atoms with E-state index in [1.54, 1.807) is 39.0 Å². The zero-order valence-electron chi connectivity index (χ0n) is 22.0. The molecule has 0 aromatic heterocycles. The van der Waals surface area contributed by atoms with Gasteiger partial charge in [0.15, 0.2) is 12.2 Å². The van der Waals surface area contributed by atoms with E-state index < -0.39 is 56.2 Å². The van der Waals surface area contributed by atoms with Gasteiger partial charge in [0.05, 0.1) is 19.4 Å². The molecule has 1 fully saturated rings. The Bertz CT molecular complexity index is 991. The summed E-state index contributed by atoms with van der Waals surface area (Å²) < 4.78 is 52.4. The Balaban J connectivity index is 2.49. The highest BCUT2D eigenvalue weighted by atomic mass is 31.2. The smallest absolute Gasteiger partial charge is 0.330 e. The number of rotatable bonds is 12. The van der Waals surface area contributed by atoms with Crippen LogP contribution in [0.25, 0.3) is 0 Å². The molecule has 37 heavy (non-hydrogen) atoms. The van der Waals surface area contributed by atoms with E-state index in [0.29, 0.717) is 17.0 Å². The number of nitrogen functional groups attached to an aromatic ring is 1. The summed E-state index contributed by atoms with van der Waals surface area (Å²) in [7, 11) is -3.50. The maximum absolute atomic E-state index is 13.1. The minimum absolute atomic E-state index is 0.0142. The molecule has 208 valence electrons. The summed E-state index contributed by atoms with van der Waals surface area (Å²) in [6.45, 7) is 8.95. The minimum atomic E-state index is -3.50. The Labute approximate surface area is 216 Å². The van der Waals surface area contributed by atoms with Gasteiger partial charge < -0.3 is 38.5 Å². The van der Waals surface area contributed by atoms with Crippen LogP contribution in [0.5, 0.6) is 5.75 Å². The molecule has 0 bridgehead atoms. The molecule has 0 aliphatic carbocycles. The molecule has 1 aliphatic heterocycles. The van der Waals surface area contributed by atoms with Crippen LogP contribution in [0, 0.1) is 6.92 Å². The summed E-state index contributed by atoms with van der Waals surface area (Å²) in [4.78, 5) is 36.0. The lowest BCUT2D eigenvalue weighted by Crippen LogP contribution is -2.62. The van der Waals surface area contributed by atoms with Crippen molar-refractivity contribution in [3.63, 3.8) is 0 Å². The highest BCUT2D eigenvalue weighted by molar-refractivity contribution is 7.53. The first-order valence-corrected chi connectivity index (χ1v) is 13.7. The van der Waals surface area contributed by atoms with E-state index in [9.17, 15) is 18.9 Å². The summed E-state index contributed by atoms with van der Waals surface area (Å²) in [6, 6.07) is 4.92. The Hall–Kier alpha value is -2.66. The fraction of sp³-hybridized carbons (Fsp3) is 0.625. The van der Waals surface area contributed by atoms with E-state index >= 15 is 0 Å². The van der Waals surface area contributed by atoms with Crippen LogP contribution in [-0.4, -0.2) is 68.0 Å². The SMILES string of the molecule is CCOP(=O)(CC[C@H]1O[C@H](Oc2ccc(N)cc2C)[C@@H](OC(C)=O)[C@@H](OC(C)=O)[C@@H]1OC(C)=O)OCC. The van der Waals surface area contributed by atoms with Gasteiger partial charge in [0.25, 0.3) is 0 Å². The zero-order valence-corrected chi connectivity index (χ0v) is 22.9. The molecule has 0 saturated carbocycles. The summed E-state index contributed by atoms with van der Waals surface area (Å²) in [5.41, 5.74) is 7.02. The normalized spacial score (nSPS) is 23.7. The van der Waals surface area contributed by atoms with Crippen LogP contribution in [0.15, 0.2) is 18.2 Å². The first-order chi connectivity index (χ1) is 17.4. The van der Waals surface area contributed by atoms with E-state index in [-0.39, 0.29) is 25.8 Å². The van der Waals surface area contributed by atoms with Crippen LogP contribution in [0.2, 0.25) is 0 Å². The van der Waals surface area contributed by atoms with Gasteiger partial charge in [-0.25, -0.2) is 0 Å². The summed E-state index contributed by atoms with van der Waals surface area (Å²) in [5, 5.41) is 0. The van der Waals surface area contributed by atoms with Crippen LogP contribution in [0.1, 0.15) is 46.6 Å². The number of carbonyl (C=O) groups excluding carboxylic acids is 3. The fourth-order valence-electron chi connectivity index (χ4n) is 3.96. The van der Waals surface area contributed by atoms with Gasteiger partial charge in [0.1, 0.15) is 11.9 Å². The summed E-state index contributed by atoms with van der Waals surface area (Å²) in [5.74, 6) is -1.73. The molecule has 0 radical (unpaired) electrons. The first-order valence-electron chi connectivity index (χ1n) is 12.0. The minimum Gasteiger partial charge on any atom is -0.460 e. The second-order valence-electron chi connectivity index (χ2n) is 8.37. The first kappa shape index (κ1) is 30.6. The van der Waals surface area contributed by atoms with Crippen molar-refractivity contribution in [2.24, 2.45) is 0 Å². The van der Waals surface area contributed by atoms with Gasteiger partial charge >= 0.3 is 25.5 Å². The Kier molecular flexibility index (Phi) is 11.4. The van der Waals surface area contributed by atoms with Crippen molar-refractivity contribution in [3.8, 4) is 5.75 Å². The Morgan fingerprint density at radius 3 is 1.97 bits per heavy atom. The third-order valence-corrected chi connectivity index (χ3v) is 7.39. The number of carbonyl (C=O) groups is 3. The zero-order chi connectivity index (χ0) is 27.8. The van der Waals surface area contributed by atoms with Gasteiger partial charge in [0.2, 0.25) is 12.4 Å². The third-order valence-electron chi connectivity index (χ3n) is 5.28. The van der Waals surface area contributed by atoms with Crippen molar-refractivity contribution in [1.29, 1.82) is 0 Å². The number of aryl methyl sites for hydroxylation is 1. The quantitative estimate of drug-likeness (QED) is 0.177. The number of benzene rings is 1. The highest BCUT2D eigenvalue weighted by Gasteiger charge is 2.53. The number of hydrogen-bond acceptors (Lipinski definition) is 12. The van der Waals surface area contributed by atoms with Gasteiger partial charge in [-0.3, -0.25) is 18.9 Å². The van der Waals surface area contributed by atoms with Gasteiger partial charge in [-0.15, -0.1) is 0 Å². The van der Waals surface area contributed by atoms with Crippen LogP contribution in [-0.2, 0) is 46.9 Å². The summed E-state index contributed by atoms with van der Waals surface area (Å²) >= 11 is 0. The average Bonchev–Trinajstić information content (AvgIpc) is 2.77. The molecule has 2 N–H and O–H groups in total. The predicted molar refractivity (Wildman–Crippen MR) is 132 cm³/mol. The molecule has 13 heteroatoms. The molecule has 2 rings (SSSR count). The lowest BCUT2D eigenvalue weighted by Gasteiger charge is -2.44. The van der Waals surface area contributed by atoms with Gasteiger partial charge in [-0.2, -0.15) is 0 Å². The molecule has 1 aliphatic rings. The van der Waals surface area contributed by atoms with Crippen LogP contribution >= 0.6 is 7.60 Å². The van der Waals surface area contributed by atoms with Gasteiger partial charge in [0, 0.05) is 26.5 Å². The molecule has 1 heterocycles. The van der Waals surface area contributed by atoms with Crippen molar-refractivity contribution in [2.75, 3.05) is 25.1 Å². The van der Waals surface area contributed by atoms with E-state index in [4.69, 9.17) is 38.5 Å². The highest BCUT2D eigenvalue weighted by Crippen LogP contribution is 2.49. The Morgan fingerprint density at radius 2 is 1.46 bits per heavy atom.